The molecule has 0 amide bonds. The van der Waals surface area contributed by atoms with E-state index in [-0.39, 0.29) is 12.6 Å². The number of esters is 1. The first kappa shape index (κ1) is 20.5. The highest BCUT2D eigenvalue weighted by Crippen LogP contribution is 2.27. The quantitative estimate of drug-likeness (QED) is 0.556. The lowest BCUT2D eigenvalue weighted by molar-refractivity contribution is 0.0474. The molecule has 0 saturated carbocycles. The lowest BCUT2D eigenvalue weighted by Crippen LogP contribution is -2.29. The number of aryl methyl sites for hydroxylation is 1. The average Bonchev–Trinajstić information content (AvgIpc) is 2.91. The highest BCUT2D eigenvalue weighted by molar-refractivity contribution is 6.05. The Morgan fingerprint density at radius 2 is 1.80 bits per heavy atom. The molecule has 0 bridgehead atoms. The van der Waals surface area contributed by atoms with Crippen LogP contribution in [0.1, 0.15) is 47.3 Å². The van der Waals surface area contributed by atoms with Crippen LogP contribution in [0.25, 0.3) is 10.9 Å². The van der Waals surface area contributed by atoms with E-state index in [0.29, 0.717) is 12.2 Å². The van der Waals surface area contributed by atoms with Crippen molar-refractivity contribution in [3.8, 4) is 5.75 Å². The molecule has 3 aromatic rings. The van der Waals surface area contributed by atoms with Gasteiger partial charge in [-0.2, -0.15) is 0 Å². The van der Waals surface area contributed by atoms with E-state index in [9.17, 15) is 4.79 Å². The van der Waals surface area contributed by atoms with Crippen LogP contribution in [-0.2, 0) is 11.3 Å². The van der Waals surface area contributed by atoms with Gasteiger partial charge in [0.2, 0.25) is 0 Å². The SMILES string of the molecule is Cc1[nH]c2ccc(OCCN3CCCCCC3)cc2c1C(=O)OCc1ccccc1. The highest BCUT2D eigenvalue weighted by Gasteiger charge is 2.18. The Kier molecular flexibility index (Phi) is 6.70. The second-order valence-corrected chi connectivity index (χ2v) is 8.00. The summed E-state index contributed by atoms with van der Waals surface area (Å²) in [6.07, 6.45) is 5.24. The highest BCUT2D eigenvalue weighted by atomic mass is 16.5. The summed E-state index contributed by atoms with van der Waals surface area (Å²) in [6, 6.07) is 15.6. The summed E-state index contributed by atoms with van der Waals surface area (Å²) in [4.78, 5) is 18.6. The third kappa shape index (κ3) is 5.03. The van der Waals surface area contributed by atoms with Gasteiger partial charge in [-0.25, -0.2) is 4.79 Å². The molecule has 1 aliphatic rings. The zero-order chi connectivity index (χ0) is 20.8. The van der Waals surface area contributed by atoms with Crippen molar-refractivity contribution < 1.29 is 14.3 Å². The minimum atomic E-state index is -0.315. The van der Waals surface area contributed by atoms with E-state index in [1.807, 2.05) is 55.5 Å². The Hall–Kier alpha value is -2.79. The summed E-state index contributed by atoms with van der Waals surface area (Å²) in [5.41, 5.74) is 3.28. The average molecular weight is 407 g/mol. The van der Waals surface area contributed by atoms with Crippen LogP contribution >= 0.6 is 0 Å². The smallest absolute Gasteiger partial charge is 0.340 e. The number of likely N-dealkylation sites (tertiary alicyclic amines) is 1. The summed E-state index contributed by atoms with van der Waals surface area (Å²) in [5, 5.41) is 0.845. The first-order chi connectivity index (χ1) is 14.7. The van der Waals surface area contributed by atoms with Crippen LogP contribution in [0.4, 0.5) is 0 Å². The predicted molar refractivity (Wildman–Crippen MR) is 119 cm³/mol. The maximum Gasteiger partial charge on any atom is 0.340 e. The van der Waals surface area contributed by atoms with Crippen LogP contribution in [-0.4, -0.2) is 42.1 Å². The van der Waals surface area contributed by atoms with Gasteiger partial charge in [0.25, 0.3) is 0 Å². The summed E-state index contributed by atoms with van der Waals surface area (Å²) in [5.74, 6) is 0.470. The monoisotopic (exact) mass is 406 g/mol. The van der Waals surface area contributed by atoms with E-state index >= 15 is 0 Å². The molecular formula is C25H30N2O3. The number of nitrogens with one attached hydrogen (secondary N) is 1. The van der Waals surface area contributed by atoms with Crippen molar-refractivity contribution in [3.05, 3.63) is 65.4 Å². The second-order valence-electron chi connectivity index (χ2n) is 8.00. The number of carbonyl (C=O) groups excluding carboxylic acids is 1. The van der Waals surface area contributed by atoms with Gasteiger partial charge in [0, 0.05) is 23.1 Å². The number of aromatic amines is 1. The fourth-order valence-electron chi connectivity index (χ4n) is 4.11. The van der Waals surface area contributed by atoms with Crippen LogP contribution in [0.2, 0.25) is 0 Å². The molecule has 1 fully saturated rings. The molecule has 0 spiro atoms. The number of aromatic nitrogens is 1. The number of H-pyrrole nitrogens is 1. The Morgan fingerprint density at radius 1 is 1.03 bits per heavy atom. The van der Waals surface area contributed by atoms with Crippen molar-refractivity contribution in [1.29, 1.82) is 0 Å². The molecule has 0 radical (unpaired) electrons. The summed E-state index contributed by atoms with van der Waals surface area (Å²) in [7, 11) is 0. The Balaban J connectivity index is 1.42. The predicted octanol–water partition coefficient (Wildman–Crippen LogP) is 5.09. The molecule has 1 saturated heterocycles. The molecule has 0 aliphatic carbocycles. The lowest BCUT2D eigenvalue weighted by atomic mass is 10.1. The Bertz CT molecular complexity index is 973. The number of benzene rings is 2. The van der Waals surface area contributed by atoms with Gasteiger partial charge in [-0.15, -0.1) is 0 Å². The molecule has 2 heterocycles. The number of nitrogens with zero attached hydrogens (tertiary/aromatic N) is 1. The number of carbonyl (C=O) groups is 1. The third-order valence-corrected chi connectivity index (χ3v) is 5.75. The topological polar surface area (TPSA) is 54.6 Å². The van der Waals surface area contributed by atoms with Gasteiger partial charge in [-0.05, 0) is 56.6 Å². The molecule has 5 heteroatoms. The molecule has 1 aromatic heterocycles. The molecule has 5 nitrogen and oxygen atoms in total. The van der Waals surface area contributed by atoms with Crippen molar-refractivity contribution in [2.75, 3.05) is 26.2 Å². The van der Waals surface area contributed by atoms with Crippen molar-refractivity contribution in [3.63, 3.8) is 0 Å². The van der Waals surface area contributed by atoms with Gasteiger partial charge < -0.3 is 14.5 Å². The number of fused-ring (bicyclic) bond motifs is 1. The van der Waals surface area contributed by atoms with Gasteiger partial charge >= 0.3 is 5.97 Å². The maximum absolute atomic E-state index is 12.8. The van der Waals surface area contributed by atoms with Crippen LogP contribution in [0.15, 0.2) is 48.5 Å². The molecule has 1 N–H and O–H groups in total. The van der Waals surface area contributed by atoms with Crippen molar-refractivity contribution in [2.24, 2.45) is 0 Å². The minimum absolute atomic E-state index is 0.262. The summed E-state index contributed by atoms with van der Waals surface area (Å²) < 4.78 is 11.6. The van der Waals surface area contributed by atoms with E-state index in [1.54, 1.807) is 0 Å². The van der Waals surface area contributed by atoms with Crippen LogP contribution in [0, 0.1) is 6.92 Å². The van der Waals surface area contributed by atoms with Gasteiger partial charge in [0.1, 0.15) is 19.0 Å². The third-order valence-electron chi connectivity index (χ3n) is 5.75. The van der Waals surface area contributed by atoms with E-state index in [1.165, 1.54) is 25.7 Å². The zero-order valence-corrected chi connectivity index (χ0v) is 17.7. The van der Waals surface area contributed by atoms with E-state index in [4.69, 9.17) is 9.47 Å². The van der Waals surface area contributed by atoms with E-state index < -0.39 is 0 Å². The van der Waals surface area contributed by atoms with Crippen molar-refractivity contribution >= 4 is 16.9 Å². The first-order valence-corrected chi connectivity index (χ1v) is 10.9. The van der Waals surface area contributed by atoms with Crippen LogP contribution in [0.3, 0.4) is 0 Å². The Labute approximate surface area is 178 Å². The molecule has 0 atom stereocenters. The second kappa shape index (κ2) is 9.81. The van der Waals surface area contributed by atoms with Gasteiger partial charge in [-0.1, -0.05) is 43.2 Å². The van der Waals surface area contributed by atoms with Crippen LogP contribution in [0.5, 0.6) is 5.75 Å². The molecule has 158 valence electrons. The van der Waals surface area contributed by atoms with Gasteiger partial charge in [0.05, 0.1) is 5.56 Å². The largest absolute Gasteiger partial charge is 0.492 e. The van der Waals surface area contributed by atoms with Crippen molar-refractivity contribution in [2.45, 2.75) is 39.2 Å². The number of hydrogen-bond acceptors (Lipinski definition) is 4. The van der Waals surface area contributed by atoms with Gasteiger partial charge in [0.15, 0.2) is 0 Å². The minimum Gasteiger partial charge on any atom is -0.492 e. The van der Waals surface area contributed by atoms with Gasteiger partial charge in [-0.3, -0.25) is 4.90 Å². The summed E-state index contributed by atoms with van der Waals surface area (Å²) in [6.45, 7) is 6.09. The Morgan fingerprint density at radius 3 is 2.57 bits per heavy atom. The standard InChI is InChI=1S/C25H30N2O3/c1-19-24(25(28)30-18-20-9-5-4-6-10-20)22-17-21(11-12-23(22)26-19)29-16-15-27-13-7-2-3-8-14-27/h4-6,9-12,17,26H,2-3,7-8,13-16,18H2,1H3. The first-order valence-electron chi connectivity index (χ1n) is 10.9. The van der Waals surface area contributed by atoms with Crippen LogP contribution < -0.4 is 4.74 Å². The normalized spacial score (nSPS) is 15.1. The number of hydrogen-bond donors (Lipinski definition) is 1. The number of rotatable bonds is 7. The number of ether oxygens (including phenoxy) is 2. The molecule has 0 unspecified atom stereocenters. The molecule has 1 aliphatic heterocycles. The lowest BCUT2D eigenvalue weighted by Gasteiger charge is -2.19. The molecule has 30 heavy (non-hydrogen) atoms. The van der Waals surface area contributed by atoms with E-state index in [0.717, 1.165) is 47.5 Å². The fourth-order valence-corrected chi connectivity index (χ4v) is 4.11. The fraction of sp³-hybridized carbons (Fsp3) is 0.400. The molecule has 4 rings (SSSR count). The molecular weight excluding hydrogens is 376 g/mol. The van der Waals surface area contributed by atoms with Crippen molar-refractivity contribution in [1.82, 2.24) is 9.88 Å². The maximum atomic E-state index is 12.8. The zero-order valence-electron chi connectivity index (χ0n) is 17.7. The summed E-state index contributed by atoms with van der Waals surface area (Å²) >= 11 is 0. The van der Waals surface area contributed by atoms with E-state index in [2.05, 4.69) is 9.88 Å². The molecule has 2 aromatic carbocycles.